The lowest BCUT2D eigenvalue weighted by molar-refractivity contribution is -0.127. The van der Waals surface area contributed by atoms with Crippen molar-refractivity contribution in [1.29, 1.82) is 0 Å². The molecule has 0 aliphatic carbocycles. The minimum atomic E-state index is -0.612. The van der Waals surface area contributed by atoms with E-state index in [1.165, 1.54) is 5.56 Å². The number of urea groups is 1. The number of aryl methyl sites for hydroxylation is 2. The molecule has 7 nitrogen and oxygen atoms in total. The third-order valence-corrected chi connectivity index (χ3v) is 6.17. The van der Waals surface area contributed by atoms with Crippen molar-refractivity contribution in [2.75, 3.05) is 11.9 Å². The van der Waals surface area contributed by atoms with Crippen molar-refractivity contribution in [3.63, 3.8) is 0 Å². The molecule has 1 aliphatic heterocycles. The maximum absolute atomic E-state index is 13.0. The van der Waals surface area contributed by atoms with Gasteiger partial charge in [-0.25, -0.2) is 9.69 Å². The Morgan fingerprint density at radius 2 is 1.71 bits per heavy atom. The number of carbonyl (C=O) groups excluding carboxylic acids is 3. The highest BCUT2D eigenvalue weighted by Crippen LogP contribution is 2.29. The average molecular weight is 471 g/mol. The van der Waals surface area contributed by atoms with Gasteiger partial charge in [-0.15, -0.1) is 0 Å². The summed E-state index contributed by atoms with van der Waals surface area (Å²) in [7, 11) is 0. The Balaban J connectivity index is 1.56. The fourth-order valence-electron chi connectivity index (χ4n) is 4.34. The van der Waals surface area contributed by atoms with Crippen LogP contribution in [0.4, 0.5) is 10.5 Å². The van der Waals surface area contributed by atoms with Crippen LogP contribution in [-0.2, 0) is 9.59 Å². The lowest BCUT2D eigenvalue weighted by Gasteiger charge is -2.17. The molecule has 2 N–H and O–H groups in total. The molecule has 0 spiro atoms. The van der Waals surface area contributed by atoms with Gasteiger partial charge >= 0.3 is 6.03 Å². The first-order valence-electron chi connectivity index (χ1n) is 11.6. The van der Waals surface area contributed by atoms with Crippen molar-refractivity contribution < 1.29 is 14.4 Å². The van der Waals surface area contributed by atoms with Gasteiger partial charge in [-0.3, -0.25) is 9.59 Å². The second-order valence-corrected chi connectivity index (χ2v) is 9.17. The summed E-state index contributed by atoms with van der Waals surface area (Å²) in [4.78, 5) is 38.8. The molecule has 4 rings (SSSR count). The van der Waals surface area contributed by atoms with Crippen LogP contribution in [0.15, 0.2) is 60.3 Å². The van der Waals surface area contributed by atoms with E-state index >= 15 is 0 Å². The Hall–Kier alpha value is -4.13. The molecule has 1 saturated heterocycles. The van der Waals surface area contributed by atoms with Gasteiger partial charge in [0, 0.05) is 22.8 Å². The molecule has 2 heterocycles. The van der Waals surface area contributed by atoms with Crippen molar-refractivity contribution in [3.8, 4) is 5.69 Å². The summed E-state index contributed by atoms with van der Waals surface area (Å²) in [6.07, 6.45) is 1.68. The number of nitrogens with zero attached hydrogens (tertiary/aromatic N) is 2. The average Bonchev–Trinajstić information content (AvgIpc) is 3.24. The topological polar surface area (TPSA) is 83.4 Å². The lowest BCUT2D eigenvalue weighted by Crippen LogP contribution is -2.38. The summed E-state index contributed by atoms with van der Waals surface area (Å²) >= 11 is 0. The predicted molar refractivity (Wildman–Crippen MR) is 137 cm³/mol. The van der Waals surface area contributed by atoms with E-state index in [2.05, 4.69) is 41.2 Å². The van der Waals surface area contributed by atoms with Gasteiger partial charge in [0.2, 0.25) is 5.91 Å². The number of carbonyl (C=O) groups is 3. The van der Waals surface area contributed by atoms with Crippen LogP contribution in [0.2, 0.25) is 0 Å². The number of imide groups is 1. The van der Waals surface area contributed by atoms with Gasteiger partial charge in [0.25, 0.3) is 5.91 Å². The monoisotopic (exact) mass is 470 g/mol. The van der Waals surface area contributed by atoms with Crippen LogP contribution in [0.5, 0.6) is 0 Å². The molecule has 0 unspecified atom stereocenters. The summed E-state index contributed by atoms with van der Waals surface area (Å²) in [5.74, 6) is -0.618. The van der Waals surface area contributed by atoms with E-state index in [0.29, 0.717) is 11.6 Å². The van der Waals surface area contributed by atoms with Crippen molar-refractivity contribution in [1.82, 2.24) is 14.8 Å². The minimum absolute atomic E-state index is 0.149. The van der Waals surface area contributed by atoms with Gasteiger partial charge < -0.3 is 15.2 Å². The van der Waals surface area contributed by atoms with Crippen molar-refractivity contribution >= 4 is 29.6 Å². The number of para-hydroxylation sites is 1. The first-order valence-corrected chi connectivity index (χ1v) is 11.6. The Bertz CT molecular complexity index is 1330. The highest BCUT2D eigenvalue weighted by Gasteiger charge is 2.35. The Kier molecular flexibility index (Phi) is 6.60. The largest absolute Gasteiger partial charge is 0.329 e. The van der Waals surface area contributed by atoms with Gasteiger partial charge in [0.05, 0.1) is 0 Å². The van der Waals surface area contributed by atoms with E-state index in [1.807, 2.05) is 51.1 Å². The van der Waals surface area contributed by atoms with Crippen LogP contribution in [-0.4, -0.2) is 33.9 Å². The number of benzene rings is 2. The quantitative estimate of drug-likeness (QED) is 0.390. The van der Waals surface area contributed by atoms with E-state index in [1.54, 1.807) is 18.2 Å². The predicted octanol–water partition coefficient (Wildman–Crippen LogP) is 5.06. The molecule has 3 aromatic rings. The van der Waals surface area contributed by atoms with Crippen LogP contribution in [0.1, 0.15) is 47.8 Å². The maximum atomic E-state index is 13.0. The number of nitrogens with one attached hydrogen (secondary N) is 2. The summed E-state index contributed by atoms with van der Waals surface area (Å²) in [5.41, 5.74) is 6.96. The highest BCUT2D eigenvalue weighted by molar-refractivity contribution is 6.16. The molecular formula is C28H30N4O3. The van der Waals surface area contributed by atoms with E-state index < -0.39 is 17.8 Å². The normalized spacial score (nSPS) is 14.7. The van der Waals surface area contributed by atoms with Gasteiger partial charge in [-0.05, 0) is 68.2 Å². The number of rotatable bonds is 6. The third kappa shape index (κ3) is 4.89. The standard InChI is InChI=1S/C28H30N4O3/c1-17(2)23-8-6-7-9-25(23)32-19(4)14-21(20(32)5)15-24-27(34)31(28(35)30-24)16-26(33)29-22-12-10-18(3)11-13-22/h6-15,17H,16H2,1-5H3,(H,29,33)(H,30,35)/b24-15+. The van der Waals surface area contributed by atoms with Gasteiger partial charge in [0.1, 0.15) is 12.2 Å². The smallest absolute Gasteiger partial charge is 0.325 e. The van der Waals surface area contributed by atoms with Crippen LogP contribution >= 0.6 is 0 Å². The molecule has 1 aliphatic rings. The molecule has 7 heteroatoms. The molecule has 0 saturated carbocycles. The van der Waals surface area contributed by atoms with Crippen molar-refractivity contribution in [3.05, 3.63) is 88.4 Å². The van der Waals surface area contributed by atoms with Crippen LogP contribution in [0, 0.1) is 20.8 Å². The molecule has 0 radical (unpaired) electrons. The van der Waals surface area contributed by atoms with Gasteiger partial charge in [-0.2, -0.15) is 0 Å². The SMILES string of the molecule is Cc1ccc(NC(=O)CN2C(=O)N/C(=C/c3cc(C)n(-c4ccccc4C(C)C)c3C)C2=O)cc1. The molecule has 0 bridgehead atoms. The highest BCUT2D eigenvalue weighted by atomic mass is 16.2. The number of anilines is 1. The molecule has 1 fully saturated rings. The van der Waals surface area contributed by atoms with Crippen molar-refractivity contribution in [2.45, 2.75) is 40.5 Å². The van der Waals surface area contributed by atoms with Crippen molar-refractivity contribution in [2.24, 2.45) is 0 Å². The fourth-order valence-corrected chi connectivity index (χ4v) is 4.34. The fraction of sp³-hybridized carbons (Fsp3) is 0.250. The molecule has 180 valence electrons. The molecular weight excluding hydrogens is 440 g/mol. The molecule has 4 amide bonds. The Labute approximate surface area is 205 Å². The number of hydrogen-bond acceptors (Lipinski definition) is 3. The summed E-state index contributed by atoms with van der Waals surface area (Å²) < 4.78 is 2.16. The maximum Gasteiger partial charge on any atom is 0.329 e. The minimum Gasteiger partial charge on any atom is -0.325 e. The summed E-state index contributed by atoms with van der Waals surface area (Å²) in [5, 5.41) is 5.33. The van der Waals surface area contributed by atoms with Crippen LogP contribution in [0.25, 0.3) is 11.8 Å². The Morgan fingerprint density at radius 1 is 1.03 bits per heavy atom. The first kappa shape index (κ1) is 24.0. The van der Waals surface area contributed by atoms with E-state index in [-0.39, 0.29) is 12.2 Å². The van der Waals surface area contributed by atoms with E-state index in [0.717, 1.165) is 33.1 Å². The second kappa shape index (κ2) is 9.62. The third-order valence-electron chi connectivity index (χ3n) is 6.17. The van der Waals surface area contributed by atoms with Crippen LogP contribution < -0.4 is 10.6 Å². The molecule has 2 aromatic carbocycles. The lowest BCUT2D eigenvalue weighted by atomic mass is 10.0. The molecule has 1 aromatic heterocycles. The summed E-state index contributed by atoms with van der Waals surface area (Å²) in [6, 6.07) is 16.9. The Morgan fingerprint density at radius 3 is 2.40 bits per heavy atom. The summed E-state index contributed by atoms with van der Waals surface area (Å²) in [6.45, 7) is 9.91. The number of amides is 4. The zero-order valence-electron chi connectivity index (χ0n) is 20.7. The number of aromatic nitrogens is 1. The zero-order valence-corrected chi connectivity index (χ0v) is 20.7. The molecule has 35 heavy (non-hydrogen) atoms. The van der Waals surface area contributed by atoms with E-state index in [9.17, 15) is 14.4 Å². The number of hydrogen-bond donors (Lipinski definition) is 2. The second-order valence-electron chi connectivity index (χ2n) is 9.17. The molecule has 0 atom stereocenters. The van der Waals surface area contributed by atoms with E-state index in [4.69, 9.17) is 0 Å². The first-order chi connectivity index (χ1) is 16.7. The van der Waals surface area contributed by atoms with Gasteiger partial charge in [-0.1, -0.05) is 49.7 Å². The van der Waals surface area contributed by atoms with Gasteiger partial charge in [0.15, 0.2) is 0 Å². The van der Waals surface area contributed by atoms with Crippen LogP contribution in [0.3, 0.4) is 0 Å². The zero-order chi connectivity index (χ0) is 25.3.